The molecule has 0 spiro atoms. The van der Waals surface area contributed by atoms with Crippen LogP contribution in [0.2, 0.25) is 0 Å². The van der Waals surface area contributed by atoms with Crippen LogP contribution in [0.15, 0.2) is 48.9 Å². The van der Waals surface area contributed by atoms with Gasteiger partial charge in [0.05, 0.1) is 37.5 Å². The molecule has 1 fully saturated rings. The molecule has 0 bridgehead atoms. The third-order valence-corrected chi connectivity index (χ3v) is 5.99. The van der Waals surface area contributed by atoms with Crippen LogP contribution in [-0.4, -0.2) is 45.8 Å². The maximum atomic E-state index is 13.2. The molecule has 1 N–H and O–H groups in total. The predicted molar refractivity (Wildman–Crippen MR) is 127 cm³/mol. The van der Waals surface area contributed by atoms with Gasteiger partial charge in [0.2, 0.25) is 17.7 Å². The van der Waals surface area contributed by atoms with E-state index in [1.165, 1.54) is 13.4 Å². The molecule has 1 aliphatic rings. The van der Waals surface area contributed by atoms with Gasteiger partial charge in [-0.1, -0.05) is 12.1 Å². The summed E-state index contributed by atoms with van der Waals surface area (Å²) >= 11 is 0. The van der Waals surface area contributed by atoms with Crippen molar-refractivity contribution >= 4 is 22.6 Å². The smallest absolute Gasteiger partial charge is 0.231 e. The van der Waals surface area contributed by atoms with E-state index in [0.29, 0.717) is 23.1 Å². The number of methoxy groups -OCH3 is 2. The number of pyridine rings is 1. The zero-order valence-electron chi connectivity index (χ0n) is 19.5. The summed E-state index contributed by atoms with van der Waals surface area (Å²) < 4.78 is 31.9. The van der Waals surface area contributed by atoms with Crippen LogP contribution in [0, 0.1) is 5.92 Å². The van der Waals surface area contributed by atoms with Crippen LogP contribution >= 0.6 is 0 Å². The van der Waals surface area contributed by atoms with E-state index >= 15 is 0 Å². The van der Waals surface area contributed by atoms with E-state index in [4.69, 9.17) is 14.2 Å². The van der Waals surface area contributed by atoms with Gasteiger partial charge in [-0.25, -0.2) is 19.3 Å². The van der Waals surface area contributed by atoms with Crippen LogP contribution in [0.4, 0.5) is 10.2 Å². The standard InChI is InChI=1S/C25H24FN5O4/c1-31-19(8-15-9-21(27-11-20(15)31)30-23(32)17-10-18(17)26)22-24(34-3)28-13-29-25(22)35-12-14-4-6-16(33-2)7-5-14/h4-9,11,13,17-18H,10,12H2,1-3H3,(H,27,30,32)/t17-,18+/m1/s1. The molecule has 9 nitrogen and oxygen atoms in total. The monoisotopic (exact) mass is 477 g/mol. The van der Waals surface area contributed by atoms with E-state index in [1.54, 1.807) is 19.4 Å². The number of hydrogen-bond acceptors (Lipinski definition) is 7. The average Bonchev–Trinajstić information content (AvgIpc) is 3.54. The Balaban J connectivity index is 1.46. The summed E-state index contributed by atoms with van der Waals surface area (Å²) in [5, 5.41) is 3.52. The molecule has 1 aliphatic carbocycles. The summed E-state index contributed by atoms with van der Waals surface area (Å²) in [7, 11) is 5.04. The number of carbonyl (C=O) groups excluding carboxylic acids is 1. The third-order valence-electron chi connectivity index (χ3n) is 5.99. The van der Waals surface area contributed by atoms with Crippen molar-refractivity contribution in [2.75, 3.05) is 19.5 Å². The minimum atomic E-state index is -1.07. The fourth-order valence-electron chi connectivity index (χ4n) is 3.91. The Morgan fingerprint density at radius 2 is 1.86 bits per heavy atom. The van der Waals surface area contributed by atoms with Gasteiger partial charge in [0.1, 0.15) is 36.2 Å². The molecule has 180 valence electrons. The first-order valence-electron chi connectivity index (χ1n) is 11.0. The molecule has 10 heteroatoms. The highest BCUT2D eigenvalue weighted by atomic mass is 19.1. The topological polar surface area (TPSA) is 100 Å². The largest absolute Gasteiger partial charge is 0.497 e. The second-order valence-electron chi connectivity index (χ2n) is 8.26. The molecule has 2 atom stereocenters. The number of rotatable bonds is 8. The van der Waals surface area contributed by atoms with Crippen LogP contribution in [0.5, 0.6) is 17.5 Å². The molecule has 1 saturated carbocycles. The van der Waals surface area contributed by atoms with E-state index in [9.17, 15) is 9.18 Å². The SMILES string of the molecule is COc1ccc(COc2ncnc(OC)c2-c2cc3cc(NC(=O)[C@@H]4C[C@@H]4F)ncc3n2C)cc1. The fraction of sp³-hybridized carbons (Fsp3) is 0.280. The van der Waals surface area contributed by atoms with Crippen molar-refractivity contribution in [3.05, 3.63) is 54.5 Å². The molecular formula is C25H24FN5O4. The van der Waals surface area contributed by atoms with Crippen molar-refractivity contribution in [2.45, 2.75) is 19.2 Å². The third kappa shape index (κ3) is 4.46. The number of halogens is 1. The Kier molecular flexibility index (Phi) is 5.94. The van der Waals surface area contributed by atoms with Crippen molar-refractivity contribution in [3.8, 4) is 28.8 Å². The number of nitrogens with one attached hydrogen (secondary N) is 1. The second kappa shape index (κ2) is 9.21. The summed E-state index contributed by atoms with van der Waals surface area (Å²) in [4.78, 5) is 25.1. The van der Waals surface area contributed by atoms with Crippen LogP contribution in [0.25, 0.3) is 22.2 Å². The second-order valence-corrected chi connectivity index (χ2v) is 8.26. The highest BCUT2D eigenvalue weighted by molar-refractivity contribution is 5.96. The maximum absolute atomic E-state index is 13.2. The number of benzene rings is 1. The summed E-state index contributed by atoms with van der Waals surface area (Å²) in [5.74, 6) is 0.913. The van der Waals surface area contributed by atoms with Crippen LogP contribution < -0.4 is 19.5 Å². The molecule has 4 aromatic rings. The first kappa shape index (κ1) is 22.6. The van der Waals surface area contributed by atoms with E-state index in [-0.39, 0.29) is 18.9 Å². The van der Waals surface area contributed by atoms with Crippen molar-refractivity contribution in [2.24, 2.45) is 13.0 Å². The van der Waals surface area contributed by atoms with E-state index in [0.717, 1.165) is 27.9 Å². The van der Waals surface area contributed by atoms with Gasteiger partial charge < -0.3 is 24.1 Å². The van der Waals surface area contributed by atoms with Gasteiger partial charge >= 0.3 is 0 Å². The molecule has 1 amide bonds. The van der Waals surface area contributed by atoms with Crippen molar-refractivity contribution < 1.29 is 23.4 Å². The number of anilines is 1. The van der Waals surface area contributed by atoms with Crippen molar-refractivity contribution in [3.63, 3.8) is 0 Å². The van der Waals surface area contributed by atoms with Gasteiger partial charge in [-0.2, -0.15) is 0 Å². The Morgan fingerprint density at radius 1 is 1.11 bits per heavy atom. The highest BCUT2D eigenvalue weighted by Gasteiger charge is 2.43. The van der Waals surface area contributed by atoms with E-state index < -0.39 is 12.1 Å². The number of nitrogens with zero attached hydrogens (tertiary/aromatic N) is 4. The molecule has 1 aromatic carbocycles. The lowest BCUT2D eigenvalue weighted by molar-refractivity contribution is -0.117. The normalized spacial score (nSPS) is 16.7. The molecule has 0 radical (unpaired) electrons. The molecule has 0 saturated heterocycles. The Bertz CT molecular complexity index is 1390. The molecule has 5 rings (SSSR count). The molecular weight excluding hydrogens is 453 g/mol. The summed E-state index contributed by atoms with van der Waals surface area (Å²) in [6.07, 6.45) is 2.24. The lowest BCUT2D eigenvalue weighted by atomic mass is 10.2. The van der Waals surface area contributed by atoms with Crippen molar-refractivity contribution in [1.82, 2.24) is 19.5 Å². The van der Waals surface area contributed by atoms with Crippen molar-refractivity contribution in [1.29, 1.82) is 0 Å². The minimum Gasteiger partial charge on any atom is -0.497 e. The Hall–Kier alpha value is -4.21. The predicted octanol–water partition coefficient (Wildman–Crippen LogP) is 3.92. The number of aromatic nitrogens is 4. The van der Waals surface area contributed by atoms with Crippen LogP contribution in [-0.2, 0) is 18.4 Å². The highest BCUT2D eigenvalue weighted by Crippen LogP contribution is 2.39. The zero-order chi connectivity index (χ0) is 24.5. The zero-order valence-corrected chi connectivity index (χ0v) is 19.5. The van der Waals surface area contributed by atoms with Gasteiger partial charge in [0, 0.05) is 12.4 Å². The molecule has 0 unspecified atom stereocenters. The lowest BCUT2D eigenvalue weighted by Crippen LogP contribution is -2.15. The quantitative estimate of drug-likeness (QED) is 0.411. The number of hydrogen-bond donors (Lipinski definition) is 1. The van der Waals surface area contributed by atoms with E-state index in [1.807, 2.05) is 41.9 Å². The first-order valence-corrected chi connectivity index (χ1v) is 11.0. The van der Waals surface area contributed by atoms with Gasteiger partial charge in [0.25, 0.3) is 0 Å². The van der Waals surface area contributed by atoms with E-state index in [2.05, 4.69) is 20.3 Å². The molecule has 3 aromatic heterocycles. The van der Waals surface area contributed by atoms with Crippen LogP contribution in [0.3, 0.4) is 0 Å². The minimum absolute atomic E-state index is 0.261. The summed E-state index contributed by atoms with van der Waals surface area (Å²) in [5.41, 5.74) is 3.10. The fourth-order valence-corrected chi connectivity index (χ4v) is 3.91. The summed E-state index contributed by atoms with van der Waals surface area (Å²) in [6, 6.07) is 11.2. The number of carbonyl (C=O) groups is 1. The number of fused-ring (bicyclic) bond motifs is 1. The number of aryl methyl sites for hydroxylation is 1. The summed E-state index contributed by atoms with van der Waals surface area (Å²) in [6.45, 7) is 0.287. The first-order chi connectivity index (χ1) is 17.0. The van der Waals surface area contributed by atoms with Gasteiger partial charge in [-0.3, -0.25) is 4.79 Å². The maximum Gasteiger partial charge on any atom is 0.231 e. The van der Waals surface area contributed by atoms with Gasteiger partial charge in [-0.05, 0) is 36.2 Å². The average molecular weight is 477 g/mol. The number of amides is 1. The molecule has 3 heterocycles. The number of ether oxygens (including phenoxy) is 3. The van der Waals surface area contributed by atoms with Gasteiger partial charge in [-0.15, -0.1) is 0 Å². The Morgan fingerprint density at radius 3 is 2.54 bits per heavy atom. The molecule has 35 heavy (non-hydrogen) atoms. The van der Waals surface area contributed by atoms with Crippen LogP contribution in [0.1, 0.15) is 12.0 Å². The molecule has 0 aliphatic heterocycles. The lowest BCUT2D eigenvalue weighted by Gasteiger charge is -2.14. The van der Waals surface area contributed by atoms with Gasteiger partial charge in [0.15, 0.2) is 0 Å². The Labute approximate surface area is 200 Å². The number of alkyl halides is 1.